The molecule has 0 saturated carbocycles. The van der Waals surface area contributed by atoms with Gasteiger partial charge in [-0.05, 0) is 35.1 Å². The molecule has 1 rings (SSSR count). The molecular weight excluding hydrogens is 239 g/mol. The summed E-state index contributed by atoms with van der Waals surface area (Å²) in [4.78, 5) is 3.47. The molecule has 4 heteroatoms. The normalized spacial score (nSPS) is 8.70. The van der Waals surface area contributed by atoms with E-state index >= 15 is 0 Å². The van der Waals surface area contributed by atoms with E-state index in [1.54, 1.807) is 0 Å². The zero-order valence-corrected chi connectivity index (χ0v) is 6.94. The molecule has 49 valence electrons. The SMILES string of the molecule is Cc1[c]c(I)c(F)nc1.[LiH]. The number of nitrogens with zero attached hydrogens (tertiary/aromatic N) is 1. The van der Waals surface area contributed by atoms with Gasteiger partial charge in [0.25, 0.3) is 0 Å². The Labute approximate surface area is 84.7 Å². The van der Waals surface area contributed by atoms with Gasteiger partial charge >= 0.3 is 18.9 Å². The first kappa shape index (κ1) is 10.4. The Balaban J connectivity index is 0.000000810. The van der Waals surface area contributed by atoms with Gasteiger partial charge < -0.3 is 0 Å². The molecule has 1 heterocycles. The molecule has 0 fully saturated rings. The summed E-state index contributed by atoms with van der Waals surface area (Å²) in [7, 11) is 0. The van der Waals surface area contributed by atoms with Crippen LogP contribution in [0.25, 0.3) is 0 Å². The molecule has 0 unspecified atom stereocenters. The Morgan fingerprint density at radius 3 is 2.70 bits per heavy atom. The van der Waals surface area contributed by atoms with Crippen LogP contribution in [0.5, 0.6) is 0 Å². The molecule has 0 atom stereocenters. The van der Waals surface area contributed by atoms with Crippen molar-refractivity contribution in [3.8, 4) is 0 Å². The second-order valence-electron chi connectivity index (χ2n) is 1.67. The van der Waals surface area contributed by atoms with E-state index in [0.717, 1.165) is 5.56 Å². The van der Waals surface area contributed by atoms with Crippen LogP contribution in [0.3, 0.4) is 0 Å². The summed E-state index contributed by atoms with van der Waals surface area (Å²) in [6, 6.07) is 2.79. The summed E-state index contributed by atoms with van der Waals surface area (Å²) in [6.45, 7) is 1.83. The van der Waals surface area contributed by atoms with Crippen LogP contribution < -0.4 is 0 Å². The molecule has 0 aliphatic carbocycles. The quantitative estimate of drug-likeness (QED) is 0.380. The summed E-state index contributed by atoms with van der Waals surface area (Å²) in [6.07, 6.45) is 1.46. The van der Waals surface area contributed by atoms with E-state index in [-0.39, 0.29) is 18.9 Å². The number of halogens is 2. The van der Waals surface area contributed by atoms with E-state index in [9.17, 15) is 4.39 Å². The van der Waals surface area contributed by atoms with E-state index in [1.807, 2.05) is 29.5 Å². The number of hydrogen-bond donors (Lipinski definition) is 0. The molecule has 0 bridgehead atoms. The van der Waals surface area contributed by atoms with Crippen LogP contribution >= 0.6 is 22.6 Å². The van der Waals surface area contributed by atoms with Crippen LogP contribution in [0.4, 0.5) is 4.39 Å². The molecule has 0 N–H and O–H groups in total. The molecule has 1 nitrogen and oxygen atoms in total. The molecule has 0 aliphatic heterocycles. The van der Waals surface area contributed by atoms with Gasteiger partial charge in [0.15, 0.2) is 0 Å². The van der Waals surface area contributed by atoms with E-state index < -0.39 is 5.95 Å². The van der Waals surface area contributed by atoms with Crippen molar-refractivity contribution < 1.29 is 4.39 Å². The van der Waals surface area contributed by atoms with E-state index in [2.05, 4.69) is 11.1 Å². The predicted octanol–water partition coefficient (Wildman–Crippen LogP) is 1.29. The Morgan fingerprint density at radius 1 is 1.70 bits per heavy atom. The molecule has 0 saturated heterocycles. The summed E-state index contributed by atoms with van der Waals surface area (Å²) in [5, 5.41) is 0. The maximum absolute atomic E-state index is 12.3. The fourth-order valence-electron chi connectivity index (χ4n) is 0.467. The van der Waals surface area contributed by atoms with Gasteiger partial charge in [-0.2, -0.15) is 4.39 Å². The second kappa shape index (κ2) is 4.32. The molecular formula is C6H5FILiN. The van der Waals surface area contributed by atoms with Gasteiger partial charge in [-0.15, -0.1) is 0 Å². The van der Waals surface area contributed by atoms with Gasteiger partial charge in [-0.25, -0.2) is 4.98 Å². The summed E-state index contributed by atoms with van der Waals surface area (Å²) in [5.74, 6) is -0.443. The first-order valence-electron chi connectivity index (χ1n) is 2.40. The van der Waals surface area contributed by atoms with Crippen molar-refractivity contribution in [1.29, 1.82) is 0 Å². The maximum atomic E-state index is 12.3. The minimum absolute atomic E-state index is 0. The van der Waals surface area contributed by atoms with Crippen molar-refractivity contribution in [1.82, 2.24) is 4.98 Å². The first-order chi connectivity index (χ1) is 4.20. The average molecular weight is 244 g/mol. The zero-order valence-electron chi connectivity index (χ0n) is 4.78. The van der Waals surface area contributed by atoms with Gasteiger partial charge in [-0.3, -0.25) is 0 Å². The van der Waals surface area contributed by atoms with Gasteiger partial charge in [0, 0.05) is 12.3 Å². The predicted molar refractivity (Wildman–Crippen MR) is 47.6 cm³/mol. The van der Waals surface area contributed by atoms with Crippen LogP contribution in [-0.2, 0) is 0 Å². The van der Waals surface area contributed by atoms with E-state index in [4.69, 9.17) is 0 Å². The summed E-state index contributed by atoms with van der Waals surface area (Å²) >= 11 is 1.86. The van der Waals surface area contributed by atoms with Crippen molar-refractivity contribution in [2.45, 2.75) is 6.92 Å². The first-order valence-corrected chi connectivity index (χ1v) is 3.48. The van der Waals surface area contributed by atoms with Gasteiger partial charge in [0.1, 0.15) is 0 Å². The average Bonchev–Trinajstić information content (AvgIpc) is 1.80. The van der Waals surface area contributed by atoms with Crippen molar-refractivity contribution in [2.24, 2.45) is 0 Å². The van der Waals surface area contributed by atoms with Crippen LogP contribution in [-0.4, -0.2) is 23.8 Å². The van der Waals surface area contributed by atoms with E-state index in [1.165, 1.54) is 6.20 Å². The number of rotatable bonds is 0. The summed E-state index contributed by atoms with van der Waals surface area (Å²) in [5.41, 5.74) is 0.862. The fraction of sp³-hybridized carbons (Fsp3) is 0.167. The topological polar surface area (TPSA) is 12.9 Å². The van der Waals surface area contributed by atoms with Crippen molar-refractivity contribution in [3.05, 3.63) is 27.3 Å². The molecule has 0 aliphatic rings. The van der Waals surface area contributed by atoms with Crippen molar-refractivity contribution in [2.75, 3.05) is 0 Å². The molecule has 1 aromatic heterocycles. The minimum atomic E-state index is -0.443. The van der Waals surface area contributed by atoms with Crippen molar-refractivity contribution in [3.63, 3.8) is 0 Å². The zero-order chi connectivity index (χ0) is 6.85. The Hall–Kier alpha value is 0.407. The number of pyridine rings is 1. The van der Waals surface area contributed by atoms with Gasteiger partial charge in [-0.1, -0.05) is 0 Å². The molecule has 0 spiro atoms. The standard InChI is InChI=1S/C6H4FIN.Li.H/c1-4-2-5(8)6(7)9-3-4;;/h3H,1H3;;. The number of hydrogen-bond acceptors (Lipinski definition) is 1. The molecule has 0 aromatic carbocycles. The van der Waals surface area contributed by atoms with Crippen LogP contribution in [0, 0.1) is 22.5 Å². The molecule has 10 heavy (non-hydrogen) atoms. The second-order valence-corrected chi connectivity index (χ2v) is 2.75. The molecule has 0 amide bonds. The molecule has 1 aromatic rings. The van der Waals surface area contributed by atoms with Crippen LogP contribution in [0.1, 0.15) is 5.56 Å². The third-order valence-electron chi connectivity index (χ3n) is 0.860. The van der Waals surface area contributed by atoms with Crippen molar-refractivity contribution >= 4 is 41.5 Å². The Kier molecular flexibility index (Phi) is 4.50. The number of aryl methyl sites for hydroxylation is 1. The Morgan fingerprint density at radius 2 is 2.30 bits per heavy atom. The van der Waals surface area contributed by atoms with Crippen LogP contribution in [0.15, 0.2) is 6.20 Å². The molecule has 1 radical (unpaired) electrons. The summed E-state index contributed by atoms with van der Waals surface area (Å²) < 4.78 is 12.8. The fourth-order valence-corrected chi connectivity index (χ4v) is 1.03. The van der Waals surface area contributed by atoms with E-state index in [0.29, 0.717) is 3.57 Å². The third kappa shape index (κ3) is 2.57. The number of aromatic nitrogens is 1. The Bertz CT molecular complexity index is 229. The van der Waals surface area contributed by atoms with Crippen LogP contribution in [0.2, 0.25) is 0 Å². The monoisotopic (exact) mass is 244 g/mol. The van der Waals surface area contributed by atoms with Gasteiger partial charge in [0.05, 0.1) is 3.57 Å². The third-order valence-corrected chi connectivity index (χ3v) is 1.57. The van der Waals surface area contributed by atoms with Gasteiger partial charge in [0.2, 0.25) is 5.95 Å².